The molecule has 2 aromatic carbocycles. The SMILES string of the molecule is CC(C(=O)Nc1ccc2c(c1F)CCNC2)n1nnc(-c2ccccc2)n1. The van der Waals surface area contributed by atoms with Gasteiger partial charge in [0.05, 0.1) is 5.69 Å². The summed E-state index contributed by atoms with van der Waals surface area (Å²) >= 11 is 0. The van der Waals surface area contributed by atoms with Crippen LogP contribution in [0.5, 0.6) is 0 Å². The lowest BCUT2D eigenvalue weighted by Gasteiger charge is -2.20. The Kier molecular flexibility index (Phi) is 4.64. The minimum atomic E-state index is -0.730. The number of nitrogens with one attached hydrogen (secondary N) is 2. The standard InChI is InChI=1S/C19H19FN6O/c1-12(26-24-18(23-25-26)13-5-3-2-4-6-13)19(27)22-16-8-7-14-11-21-10-9-15(14)17(16)20/h2-8,12,21H,9-11H2,1H3,(H,22,27). The summed E-state index contributed by atoms with van der Waals surface area (Å²) in [5.41, 5.74) is 2.57. The molecule has 3 aromatic rings. The number of hydrogen-bond donors (Lipinski definition) is 2. The van der Waals surface area contributed by atoms with Gasteiger partial charge in [0.1, 0.15) is 11.9 Å². The van der Waals surface area contributed by atoms with E-state index in [0.717, 1.165) is 17.7 Å². The zero-order valence-corrected chi connectivity index (χ0v) is 14.8. The third-order valence-electron chi connectivity index (χ3n) is 4.65. The van der Waals surface area contributed by atoms with Crippen LogP contribution in [-0.4, -0.2) is 32.7 Å². The van der Waals surface area contributed by atoms with Crippen LogP contribution in [-0.2, 0) is 17.8 Å². The van der Waals surface area contributed by atoms with E-state index < -0.39 is 11.9 Å². The van der Waals surface area contributed by atoms with Crippen LogP contribution in [0.2, 0.25) is 0 Å². The molecule has 2 heterocycles. The van der Waals surface area contributed by atoms with Crippen molar-refractivity contribution in [3.63, 3.8) is 0 Å². The van der Waals surface area contributed by atoms with Crippen molar-refractivity contribution >= 4 is 11.6 Å². The molecule has 1 unspecified atom stereocenters. The van der Waals surface area contributed by atoms with Crippen LogP contribution in [0.4, 0.5) is 10.1 Å². The average Bonchev–Trinajstić information content (AvgIpc) is 3.20. The zero-order valence-electron chi connectivity index (χ0n) is 14.8. The Morgan fingerprint density at radius 1 is 1.26 bits per heavy atom. The van der Waals surface area contributed by atoms with Gasteiger partial charge in [0.15, 0.2) is 0 Å². The first-order valence-electron chi connectivity index (χ1n) is 8.80. The van der Waals surface area contributed by atoms with Crippen LogP contribution in [0.3, 0.4) is 0 Å². The first kappa shape index (κ1) is 17.3. The predicted octanol–water partition coefficient (Wildman–Crippen LogP) is 2.32. The molecule has 0 aliphatic carbocycles. The molecule has 1 atom stereocenters. The lowest BCUT2D eigenvalue weighted by Crippen LogP contribution is -2.27. The van der Waals surface area contributed by atoms with Crippen LogP contribution in [0.15, 0.2) is 42.5 Å². The second-order valence-electron chi connectivity index (χ2n) is 6.46. The summed E-state index contributed by atoms with van der Waals surface area (Å²) in [6.07, 6.45) is 0.603. The number of rotatable bonds is 4. The Bertz CT molecular complexity index is 972. The lowest BCUT2D eigenvalue weighted by atomic mass is 9.99. The molecule has 7 nitrogen and oxygen atoms in total. The van der Waals surface area contributed by atoms with Crippen LogP contribution in [0, 0.1) is 5.82 Å². The Balaban J connectivity index is 1.51. The normalized spacial score (nSPS) is 14.4. The molecule has 1 aromatic heterocycles. The first-order valence-corrected chi connectivity index (χ1v) is 8.80. The van der Waals surface area contributed by atoms with Gasteiger partial charge in [0, 0.05) is 12.1 Å². The summed E-state index contributed by atoms with van der Waals surface area (Å²) in [4.78, 5) is 13.8. The molecule has 1 amide bonds. The van der Waals surface area contributed by atoms with E-state index in [1.807, 2.05) is 36.4 Å². The number of carbonyl (C=O) groups excluding carboxylic acids is 1. The number of halogens is 1. The number of amides is 1. The smallest absolute Gasteiger partial charge is 0.250 e. The van der Waals surface area contributed by atoms with Crippen molar-refractivity contribution in [1.29, 1.82) is 0 Å². The number of benzene rings is 2. The molecule has 2 N–H and O–H groups in total. The second-order valence-corrected chi connectivity index (χ2v) is 6.46. The van der Waals surface area contributed by atoms with Crippen molar-refractivity contribution in [2.75, 3.05) is 11.9 Å². The predicted molar refractivity (Wildman–Crippen MR) is 98.4 cm³/mol. The minimum Gasteiger partial charge on any atom is -0.322 e. The number of fused-ring (bicyclic) bond motifs is 1. The fourth-order valence-electron chi connectivity index (χ4n) is 3.06. The Labute approximate surface area is 155 Å². The van der Waals surface area contributed by atoms with E-state index in [1.54, 1.807) is 13.0 Å². The van der Waals surface area contributed by atoms with Crippen molar-refractivity contribution in [3.05, 3.63) is 59.4 Å². The summed E-state index contributed by atoms with van der Waals surface area (Å²) < 4.78 is 14.7. The molecule has 0 radical (unpaired) electrons. The van der Waals surface area contributed by atoms with E-state index in [1.165, 1.54) is 4.80 Å². The maximum absolute atomic E-state index is 14.7. The number of tetrazole rings is 1. The minimum absolute atomic E-state index is 0.177. The quantitative estimate of drug-likeness (QED) is 0.740. The first-order chi connectivity index (χ1) is 13.1. The van der Waals surface area contributed by atoms with Gasteiger partial charge in [0.25, 0.3) is 5.91 Å². The summed E-state index contributed by atoms with van der Waals surface area (Å²) in [5.74, 6) is -0.339. The van der Waals surface area contributed by atoms with Gasteiger partial charge in [-0.2, -0.15) is 4.80 Å². The molecule has 0 fully saturated rings. The highest BCUT2D eigenvalue weighted by molar-refractivity contribution is 5.93. The molecule has 1 aliphatic heterocycles. The molecule has 0 bridgehead atoms. The Morgan fingerprint density at radius 2 is 2.07 bits per heavy atom. The van der Waals surface area contributed by atoms with E-state index in [-0.39, 0.29) is 11.5 Å². The van der Waals surface area contributed by atoms with Crippen molar-refractivity contribution in [2.45, 2.75) is 25.9 Å². The van der Waals surface area contributed by atoms with Crippen LogP contribution in [0.1, 0.15) is 24.1 Å². The van der Waals surface area contributed by atoms with Crippen molar-refractivity contribution in [3.8, 4) is 11.4 Å². The second kappa shape index (κ2) is 7.24. The maximum atomic E-state index is 14.7. The third-order valence-corrected chi connectivity index (χ3v) is 4.65. The maximum Gasteiger partial charge on any atom is 0.250 e. The van der Waals surface area contributed by atoms with E-state index in [2.05, 4.69) is 26.0 Å². The van der Waals surface area contributed by atoms with Gasteiger partial charge in [-0.15, -0.1) is 10.2 Å². The summed E-state index contributed by atoms with van der Waals surface area (Å²) in [5, 5.41) is 18.1. The van der Waals surface area contributed by atoms with E-state index in [9.17, 15) is 9.18 Å². The number of nitrogens with zero attached hydrogens (tertiary/aromatic N) is 4. The lowest BCUT2D eigenvalue weighted by molar-refractivity contribution is -0.119. The highest BCUT2D eigenvalue weighted by Crippen LogP contribution is 2.25. The fourth-order valence-corrected chi connectivity index (χ4v) is 3.06. The molecular weight excluding hydrogens is 347 g/mol. The van der Waals surface area contributed by atoms with Crippen molar-refractivity contribution in [2.24, 2.45) is 0 Å². The van der Waals surface area contributed by atoms with Gasteiger partial charge in [-0.1, -0.05) is 36.4 Å². The molecule has 4 rings (SSSR count). The zero-order chi connectivity index (χ0) is 18.8. The van der Waals surface area contributed by atoms with Crippen molar-refractivity contribution < 1.29 is 9.18 Å². The largest absolute Gasteiger partial charge is 0.322 e. The summed E-state index contributed by atoms with van der Waals surface area (Å²) in [6.45, 7) is 3.01. The highest BCUT2D eigenvalue weighted by atomic mass is 19.1. The Morgan fingerprint density at radius 3 is 2.89 bits per heavy atom. The molecule has 8 heteroatoms. The van der Waals surface area contributed by atoms with Crippen molar-refractivity contribution in [1.82, 2.24) is 25.5 Å². The van der Waals surface area contributed by atoms with E-state index >= 15 is 0 Å². The monoisotopic (exact) mass is 366 g/mol. The highest BCUT2D eigenvalue weighted by Gasteiger charge is 2.22. The van der Waals surface area contributed by atoms with Crippen LogP contribution in [0.25, 0.3) is 11.4 Å². The summed E-state index contributed by atoms with van der Waals surface area (Å²) in [7, 11) is 0. The summed E-state index contributed by atoms with van der Waals surface area (Å²) in [6, 6.07) is 12.1. The van der Waals surface area contributed by atoms with Gasteiger partial charge < -0.3 is 10.6 Å². The van der Waals surface area contributed by atoms with E-state index in [4.69, 9.17) is 0 Å². The van der Waals surface area contributed by atoms with Gasteiger partial charge in [0.2, 0.25) is 5.82 Å². The molecular formula is C19H19FN6O. The molecule has 0 saturated carbocycles. The van der Waals surface area contributed by atoms with Gasteiger partial charge in [-0.25, -0.2) is 4.39 Å². The number of carbonyl (C=O) groups is 1. The topological polar surface area (TPSA) is 84.7 Å². The van der Waals surface area contributed by atoms with E-state index in [0.29, 0.717) is 24.4 Å². The number of hydrogen-bond acceptors (Lipinski definition) is 5. The average molecular weight is 366 g/mol. The van der Waals surface area contributed by atoms with Crippen LogP contribution < -0.4 is 10.6 Å². The Hall–Kier alpha value is -3.13. The fraction of sp³-hybridized carbons (Fsp3) is 0.263. The molecule has 0 saturated heterocycles. The third kappa shape index (κ3) is 3.43. The molecule has 0 spiro atoms. The molecule has 138 valence electrons. The van der Waals surface area contributed by atoms with Crippen LogP contribution >= 0.6 is 0 Å². The van der Waals surface area contributed by atoms with Gasteiger partial charge in [-0.05, 0) is 42.3 Å². The van der Waals surface area contributed by atoms with Gasteiger partial charge in [-0.3, -0.25) is 4.79 Å². The molecule has 27 heavy (non-hydrogen) atoms. The number of anilines is 1. The van der Waals surface area contributed by atoms with Gasteiger partial charge >= 0.3 is 0 Å². The number of aromatic nitrogens is 4. The molecule has 1 aliphatic rings.